The lowest BCUT2D eigenvalue weighted by Crippen LogP contribution is -2.48. The number of aliphatic hydroxyl groups excluding tert-OH is 1. The molecular formula is C12H25N3O4. The van der Waals surface area contributed by atoms with E-state index >= 15 is 0 Å². The molecule has 0 rings (SSSR count). The fourth-order valence-electron chi connectivity index (χ4n) is 1.38. The van der Waals surface area contributed by atoms with Crippen LogP contribution in [-0.4, -0.2) is 67.8 Å². The minimum Gasteiger partial charge on any atom is -0.389 e. The monoisotopic (exact) mass is 275 g/mol. The van der Waals surface area contributed by atoms with E-state index in [0.29, 0.717) is 0 Å². The topological polar surface area (TPSA) is 105 Å². The second-order valence-corrected chi connectivity index (χ2v) is 4.87. The van der Waals surface area contributed by atoms with Gasteiger partial charge < -0.3 is 25.8 Å². The van der Waals surface area contributed by atoms with E-state index in [4.69, 9.17) is 10.5 Å². The average Bonchev–Trinajstić information content (AvgIpc) is 2.34. The van der Waals surface area contributed by atoms with E-state index in [1.165, 1.54) is 12.0 Å². The maximum atomic E-state index is 11.7. The van der Waals surface area contributed by atoms with Gasteiger partial charge in [0, 0.05) is 20.7 Å². The predicted octanol–water partition coefficient (Wildman–Crippen LogP) is -1.45. The predicted molar refractivity (Wildman–Crippen MR) is 71.3 cm³/mol. The van der Waals surface area contributed by atoms with Gasteiger partial charge in [-0.2, -0.15) is 0 Å². The zero-order valence-electron chi connectivity index (χ0n) is 12.0. The van der Waals surface area contributed by atoms with Crippen molar-refractivity contribution in [1.82, 2.24) is 10.2 Å². The van der Waals surface area contributed by atoms with Gasteiger partial charge in [-0.25, -0.2) is 0 Å². The zero-order chi connectivity index (χ0) is 15.0. The first-order chi connectivity index (χ1) is 8.79. The van der Waals surface area contributed by atoms with Gasteiger partial charge in [0.2, 0.25) is 11.8 Å². The van der Waals surface area contributed by atoms with Crippen LogP contribution in [0, 0.1) is 5.92 Å². The molecule has 0 aromatic carbocycles. The zero-order valence-corrected chi connectivity index (χ0v) is 12.0. The van der Waals surface area contributed by atoms with Gasteiger partial charge in [-0.1, -0.05) is 13.8 Å². The van der Waals surface area contributed by atoms with Gasteiger partial charge in [-0.3, -0.25) is 9.59 Å². The molecule has 0 fully saturated rings. The first-order valence-electron chi connectivity index (χ1n) is 6.23. The second-order valence-electron chi connectivity index (χ2n) is 4.87. The summed E-state index contributed by atoms with van der Waals surface area (Å²) < 4.78 is 4.77. The Hall–Kier alpha value is -1.18. The van der Waals surface area contributed by atoms with Crippen LogP contribution in [0.4, 0.5) is 0 Å². The molecule has 7 heteroatoms. The Morgan fingerprint density at radius 2 is 2.00 bits per heavy atom. The summed E-state index contributed by atoms with van der Waals surface area (Å²) in [6.45, 7) is 3.84. The largest absolute Gasteiger partial charge is 0.389 e. The third kappa shape index (κ3) is 7.09. The van der Waals surface area contributed by atoms with Crippen LogP contribution in [0.3, 0.4) is 0 Å². The molecule has 112 valence electrons. The van der Waals surface area contributed by atoms with E-state index in [1.807, 2.05) is 13.8 Å². The van der Waals surface area contributed by atoms with Crippen molar-refractivity contribution in [2.45, 2.75) is 26.0 Å². The summed E-state index contributed by atoms with van der Waals surface area (Å²) in [7, 11) is 3.02. The number of hydrogen-bond acceptors (Lipinski definition) is 5. The van der Waals surface area contributed by atoms with Crippen molar-refractivity contribution in [1.29, 1.82) is 0 Å². The molecule has 0 heterocycles. The number of aliphatic hydroxyl groups is 1. The number of methoxy groups -OCH3 is 1. The standard InChI is InChI=1S/C12H25N3O4/c1-8(2)11(13)12(18)14-5-10(17)15(3)6-9(16)7-19-4/h8-9,11,16H,5-7,13H2,1-4H3,(H,14,18)/t9?,11-/m0/s1. The summed E-state index contributed by atoms with van der Waals surface area (Å²) in [4.78, 5) is 24.6. The summed E-state index contributed by atoms with van der Waals surface area (Å²) in [5.74, 6) is -0.634. The van der Waals surface area contributed by atoms with E-state index < -0.39 is 12.1 Å². The van der Waals surface area contributed by atoms with Crippen LogP contribution in [-0.2, 0) is 14.3 Å². The van der Waals surface area contributed by atoms with Crippen molar-refractivity contribution in [2.75, 3.05) is 33.9 Å². The molecule has 0 aliphatic heterocycles. The molecule has 7 nitrogen and oxygen atoms in total. The summed E-state index contributed by atoms with van der Waals surface area (Å²) in [6.07, 6.45) is -0.743. The lowest BCUT2D eigenvalue weighted by atomic mass is 10.1. The summed E-state index contributed by atoms with van der Waals surface area (Å²) in [6, 6.07) is -0.628. The molecular weight excluding hydrogens is 250 g/mol. The number of hydrogen-bond donors (Lipinski definition) is 3. The maximum Gasteiger partial charge on any atom is 0.241 e. The number of nitrogens with one attached hydrogen (secondary N) is 1. The quantitative estimate of drug-likeness (QED) is 0.503. The molecule has 0 aliphatic rings. The Balaban J connectivity index is 4.07. The molecule has 0 aromatic rings. The first-order valence-corrected chi connectivity index (χ1v) is 6.23. The molecule has 0 radical (unpaired) electrons. The Kier molecular flexibility index (Phi) is 8.29. The minimum absolute atomic E-state index is 0.0105. The third-order valence-electron chi connectivity index (χ3n) is 2.70. The van der Waals surface area contributed by atoms with Crippen LogP contribution in [0.1, 0.15) is 13.8 Å². The van der Waals surface area contributed by atoms with Crippen molar-refractivity contribution in [2.24, 2.45) is 11.7 Å². The van der Waals surface area contributed by atoms with Crippen LogP contribution in [0.5, 0.6) is 0 Å². The Labute approximate surface area is 114 Å². The molecule has 1 unspecified atom stereocenters. The van der Waals surface area contributed by atoms with Crippen LogP contribution in [0.15, 0.2) is 0 Å². The summed E-state index contributed by atoms with van der Waals surface area (Å²) >= 11 is 0. The average molecular weight is 275 g/mol. The third-order valence-corrected chi connectivity index (χ3v) is 2.70. The fourth-order valence-corrected chi connectivity index (χ4v) is 1.38. The number of rotatable bonds is 8. The lowest BCUT2D eigenvalue weighted by molar-refractivity contribution is -0.133. The normalized spacial score (nSPS) is 14.1. The fraction of sp³-hybridized carbons (Fsp3) is 0.833. The van der Waals surface area contributed by atoms with Crippen molar-refractivity contribution < 1.29 is 19.4 Å². The maximum absolute atomic E-state index is 11.7. The van der Waals surface area contributed by atoms with Gasteiger partial charge in [-0.05, 0) is 5.92 Å². The Morgan fingerprint density at radius 1 is 1.42 bits per heavy atom. The highest BCUT2D eigenvalue weighted by Gasteiger charge is 2.19. The highest BCUT2D eigenvalue weighted by molar-refractivity contribution is 5.87. The van der Waals surface area contributed by atoms with Crippen molar-refractivity contribution in [3.63, 3.8) is 0 Å². The van der Waals surface area contributed by atoms with Gasteiger partial charge in [0.25, 0.3) is 0 Å². The smallest absolute Gasteiger partial charge is 0.241 e. The highest BCUT2D eigenvalue weighted by Crippen LogP contribution is 1.97. The number of carbonyl (C=O) groups excluding carboxylic acids is 2. The number of ether oxygens (including phenoxy) is 1. The molecule has 0 saturated heterocycles. The molecule has 0 aromatic heterocycles. The second kappa shape index (κ2) is 8.84. The summed E-state index contributed by atoms with van der Waals surface area (Å²) in [5, 5.41) is 12.0. The van der Waals surface area contributed by atoms with Gasteiger partial charge in [0.05, 0.1) is 25.3 Å². The first kappa shape index (κ1) is 17.8. The number of nitrogens with two attached hydrogens (primary N) is 1. The number of likely N-dealkylation sites (N-methyl/N-ethyl adjacent to an activating group) is 1. The van der Waals surface area contributed by atoms with Crippen LogP contribution in [0.2, 0.25) is 0 Å². The van der Waals surface area contributed by atoms with Crippen molar-refractivity contribution >= 4 is 11.8 Å². The van der Waals surface area contributed by atoms with Crippen molar-refractivity contribution in [3.05, 3.63) is 0 Å². The van der Waals surface area contributed by atoms with E-state index in [0.717, 1.165) is 0 Å². The SMILES string of the molecule is COCC(O)CN(C)C(=O)CNC(=O)[C@@H](N)C(C)C. The number of carbonyl (C=O) groups is 2. The van der Waals surface area contributed by atoms with Gasteiger partial charge in [0.1, 0.15) is 0 Å². The molecule has 19 heavy (non-hydrogen) atoms. The molecule has 0 saturated carbocycles. The number of amides is 2. The summed E-state index contributed by atoms with van der Waals surface area (Å²) in [5.41, 5.74) is 5.65. The molecule has 2 atom stereocenters. The van der Waals surface area contributed by atoms with Gasteiger partial charge >= 0.3 is 0 Å². The molecule has 4 N–H and O–H groups in total. The van der Waals surface area contributed by atoms with Crippen LogP contribution in [0.25, 0.3) is 0 Å². The van der Waals surface area contributed by atoms with E-state index in [2.05, 4.69) is 5.32 Å². The van der Waals surface area contributed by atoms with E-state index in [9.17, 15) is 14.7 Å². The van der Waals surface area contributed by atoms with E-state index in [1.54, 1.807) is 7.05 Å². The van der Waals surface area contributed by atoms with Crippen LogP contribution < -0.4 is 11.1 Å². The van der Waals surface area contributed by atoms with Gasteiger partial charge in [-0.15, -0.1) is 0 Å². The van der Waals surface area contributed by atoms with Gasteiger partial charge in [0.15, 0.2) is 0 Å². The molecule has 0 bridgehead atoms. The number of nitrogens with zero attached hydrogens (tertiary/aromatic N) is 1. The highest BCUT2D eigenvalue weighted by atomic mass is 16.5. The van der Waals surface area contributed by atoms with Crippen molar-refractivity contribution in [3.8, 4) is 0 Å². The minimum atomic E-state index is -0.743. The lowest BCUT2D eigenvalue weighted by Gasteiger charge is -2.21. The molecule has 2 amide bonds. The Bertz CT molecular complexity index is 297. The van der Waals surface area contributed by atoms with E-state index in [-0.39, 0.29) is 37.4 Å². The molecule has 0 spiro atoms. The molecule has 0 aliphatic carbocycles. The Morgan fingerprint density at radius 3 is 2.47 bits per heavy atom. The van der Waals surface area contributed by atoms with Crippen LogP contribution >= 0.6 is 0 Å².